The topological polar surface area (TPSA) is 105 Å². The first-order valence-electron chi connectivity index (χ1n) is 11.1. The number of unbranched alkanes of at least 4 members (excludes halogenated alkanes) is 1. The highest BCUT2D eigenvalue weighted by atomic mass is 16.5. The van der Waals surface area contributed by atoms with Crippen LogP contribution in [-0.4, -0.2) is 33.0 Å². The Bertz CT molecular complexity index is 1180. The van der Waals surface area contributed by atoms with E-state index in [0.717, 1.165) is 35.1 Å². The van der Waals surface area contributed by atoms with Crippen molar-refractivity contribution in [2.45, 2.75) is 45.6 Å². The van der Waals surface area contributed by atoms with Crippen LogP contribution >= 0.6 is 0 Å². The number of nitrogens with zero attached hydrogens (tertiary/aromatic N) is 3. The number of aliphatic carboxylic acids is 1. The Morgan fingerprint density at radius 3 is 2.79 bits per heavy atom. The maximum Gasteiger partial charge on any atom is 0.303 e. The Balaban J connectivity index is 1.63. The lowest BCUT2D eigenvalue weighted by Gasteiger charge is -2.11. The summed E-state index contributed by atoms with van der Waals surface area (Å²) in [5.74, 6) is -1.16. The number of pyridine rings is 1. The quantitative estimate of drug-likeness (QED) is 0.320. The molecular formula is C26H29N3O4. The molecule has 1 aromatic carbocycles. The molecule has 0 radical (unpaired) electrons. The number of aryl methyl sites for hydroxylation is 1. The van der Waals surface area contributed by atoms with Gasteiger partial charge in [-0.2, -0.15) is 5.26 Å². The van der Waals surface area contributed by atoms with Crippen LogP contribution in [0.4, 0.5) is 0 Å². The van der Waals surface area contributed by atoms with E-state index >= 15 is 0 Å². The highest BCUT2D eigenvalue weighted by molar-refractivity contribution is 6.09. The molecule has 1 unspecified atom stereocenters. The Labute approximate surface area is 193 Å². The minimum atomic E-state index is -0.894. The second-order valence-corrected chi connectivity index (χ2v) is 8.41. The summed E-state index contributed by atoms with van der Waals surface area (Å²) in [6, 6.07) is 13.2. The van der Waals surface area contributed by atoms with E-state index in [1.807, 2.05) is 41.9 Å². The zero-order valence-corrected chi connectivity index (χ0v) is 19.1. The molecule has 0 aliphatic carbocycles. The smallest absolute Gasteiger partial charge is 0.303 e. The van der Waals surface area contributed by atoms with Gasteiger partial charge in [-0.15, -0.1) is 0 Å². The van der Waals surface area contributed by atoms with Crippen molar-refractivity contribution in [3.05, 3.63) is 65.0 Å². The van der Waals surface area contributed by atoms with E-state index in [-0.39, 0.29) is 24.5 Å². The monoisotopic (exact) mass is 447 g/mol. The standard InChI is InChI=1S/C26H29N3O4/c1-18(14-24(31)32)13-23(30)25-21-9-6-11-28-26(21)29(2)22(25)10-3-4-12-33-17-20-8-5-7-19(15-20)16-27/h5-9,11,15,18H,3-4,10,12-14,17H2,1-2H3,(H,31,32). The van der Waals surface area contributed by atoms with Gasteiger partial charge in [0.25, 0.3) is 0 Å². The van der Waals surface area contributed by atoms with Crippen LogP contribution < -0.4 is 0 Å². The fraction of sp³-hybridized carbons (Fsp3) is 0.385. The molecule has 33 heavy (non-hydrogen) atoms. The number of rotatable bonds is 12. The molecule has 7 heteroatoms. The maximum atomic E-state index is 13.1. The third-order valence-corrected chi connectivity index (χ3v) is 5.68. The van der Waals surface area contributed by atoms with Crippen molar-refractivity contribution in [3.8, 4) is 6.07 Å². The predicted molar refractivity (Wildman–Crippen MR) is 125 cm³/mol. The molecule has 0 saturated carbocycles. The lowest BCUT2D eigenvalue weighted by atomic mass is 9.94. The van der Waals surface area contributed by atoms with Crippen LogP contribution in [0.3, 0.4) is 0 Å². The number of fused-ring (bicyclic) bond motifs is 1. The van der Waals surface area contributed by atoms with E-state index in [9.17, 15) is 9.59 Å². The van der Waals surface area contributed by atoms with E-state index < -0.39 is 5.97 Å². The molecule has 0 spiro atoms. The zero-order valence-electron chi connectivity index (χ0n) is 19.1. The molecule has 1 N–H and O–H groups in total. The molecule has 0 aliphatic heterocycles. The molecule has 3 aromatic rings. The van der Waals surface area contributed by atoms with E-state index in [4.69, 9.17) is 15.1 Å². The molecule has 0 amide bonds. The molecule has 2 heterocycles. The Hall–Kier alpha value is -3.50. The van der Waals surface area contributed by atoms with Crippen LogP contribution in [0, 0.1) is 17.2 Å². The van der Waals surface area contributed by atoms with E-state index in [2.05, 4.69) is 11.1 Å². The lowest BCUT2D eigenvalue weighted by molar-refractivity contribution is -0.137. The van der Waals surface area contributed by atoms with Gasteiger partial charge in [0.05, 0.1) is 18.2 Å². The van der Waals surface area contributed by atoms with Crippen LogP contribution in [0.5, 0.6) is 0 Å². The molecule has 3 rings (SSSR count). The summed E-state index contributed by atoms with van der Waals surface area (Å²) in [6.45, 7) is 2.83. The molecular weight excluding hydrogens is 418 g/mol. The summed E-state index contributed by atoms with van der Waals surface area (Å²) < 4.78 is 7.73. The van der Waals surface area contributed by atoms with Crippen molar-refractivity contribution in [2.75, 3.05) is 6.61 Å². The summed E-state index contributed by atoms with van der Waals surface area (Å²) in [5.41, 5.74) is 3.94. The first-order valence-corrected chi connectivity index (χ1v) is 11.1. The molecule has 172 valence electrons. The average Bonchev–Trinajstić information content (AvgIpc) is 3.07. The van der Waals surface area contributed by atoms with Crippen molar-refractivity contribution in [3.63, 3.8) is 0 Å². The average molecular weight is 448 g/mol. The van der Waals surface area contributed by atoms with Crippen LogP contribution in [0.1, 0.15) is 59.8 Å². The fourth-order valence-corrected chi connectivity index (χ4v) is 4.12. The molecule has 1 atom stereocenters. The van der Waals surface area contributed by atoms with Gasteiger partial charge in [-0.25, -0.2) is 4.98 Å². The van der Waals surface area contributed by atoms with Gasteiger partial charge < -0.3 is 14.4 Å². The van der Waals surface area contributed by atoms with Gasteiger partial charge in [0, 0.05) is 49.3 Å². The third-order valence-electron chi connectivity index (χ3n) is 5.68. The minimum Gasteiger partial charge on any atom is -0.481 e. The number of nitriles is 1. The van der Waals surface area contributed by atoms with Gasteiger partial charge in [0.2, 0.25) is 0 Å². The van der Waals surface area contributed by atoms with Gasteiger partial charge in [0.15, 0.2) is 5.78 Å². The van der Waals surface area contributed by atoms with Crippen molar-refractivity contribution < 1.29 is 19.4 Å². The van der Waals surface area contributed by atoms with Gasteiger partial charge in [0.1, 0.15) is 5.65 Å². The molecule has 0 aliphatic rings. The number of carbonyl (C=O) groups excluding carboxylic acids is 1. The summed E-state index contributed by atoms with van der Waals surface area (Å²) in [4.78, 5) is 28.6. The first-order chi connectivity index (χ1) is 15.9. The van der Waals surface area contributed by atoms with Gasteiger partial charge in [-0.05, 0) is 55.0 Å². The van der Waals surface area contributed by atoms with Gasteiger partial charge in [-0.3, -0.25) is 9.59 Å². The van der Waals surface area contributed by atoms with E-state index in [0.29, 0.717) is 30.8 Å². The maximum absolute atomic E-state index is 13.1. The summed E-state index contributed by atoms with van der Waals surface area (Å²) in [6.07, 6.45) is 4.25. The number of carboxylic acid groups (broad SMARTS) is 1. The zero-order chi connectivity index (χ0) is 23.8. The van der Waals surface area contributed by atoms with Crippen LogP contribution in [0.15, 0.2) is 42.6 Å². The Kier molecular flexibility index (Phi) is 8.34. The normalized spacial score (nSPS) is 11.9. The number of carbonyl (C=O) groups is 2. The highest BCUT2D eigenvalue weighted by Gasteiger charge is 2.23. The van der Waals surface area contributed by atoms with Crippen molar-refractivity contribution >= 4 is 22.8 Å². The number of Topliss-reactive ketones (excluding diaryl/α,β-unsaturated/α-hetero) is 1. The largest absolute Gasteiger partial charge is 0.481 e. The molecule has 0 bridgehead atoms. The van der Waals surface area contributed by atoms with Gasteiger partial charge >= 0.3 is 5.97 Å². The van der Waals surface area contributed by atoms with Crippen molar-refractivity contribution in [2.24, 2.45) is 13.0 Å². The SMILES string of the molecule is CC(CC(=O)O)CC(=O)c1c(CCCCOCc2cccc(C#N)c2)n(C)c2ncccc12. The number of hydrogen-bond acceptors (Lipinski definition) is 5. The minimum absolute atomic E-state index is 0.0291. The molecule has 0 saturated heterocycles. The number of carboxylic acids is 1. The van der Waals surface area contributed by atoms with Crippen molar-refractivity contribution in [1.82, 2.24) is 9.55 Å². The molecule has 2 aromatic heterocycles. The lowest BCUT2D eigenvalue weighted by Crippen LogP contribution is -2.12. The summed E-state index contributed by atoms with van der Waals surface area (Å²) in [7, 11) is 1.92. The number of hydrogen-bond donors (Lipinski definition) is 1. The van der Waals surface area contributed by atoms with E-state index in [1.54, 1.807) is 19.2 Å². The van der Waals surface area contributed by atoms with Gasteiger partial charge in [-0.1, -0.05) is 19.1 Å². The highest BCUT2D eigenvalue weighted by Crippen LogP contribution is 2.28. The van der Waals surface area contributed by atoms with Crippen LogP contribution in [0.25, 0.3) is 11.0 Å². The Morgan fingerprint density at radius 1 is 1.21 bits per heavy atom. The molecule has 7 nitrogen and oxygen atoms in total. The number of ether oxygens (including phenoxy) is 1. The number of benzene rings is 1. The number of aromatic nitrogens is 2. The second-order valence-electron chi connectivity index (χ2n) is 8.41. The second kappa shape index (κ2) is 11.4. The van der Waals surface area contributed by atoms with Crippen LogP contribution in [-0.2, 0) is 29.6 Å². The predicted octanol–water partition coefficient (Wildman–Crippen LogP) is 4.67. The summed E-state index contributed by atoms with van der Waals surface area (Å²) >= 11 is 0. The third kappa shape index (κ3) is 6.27. The van der Waals surface area contributed by atoms with E-state index in [1.165, 1.54) is 0 Å². The summed E-state index contributed by atoms with van der Waals surface area (Å²) in [5, 5.41) is 18.8. The number of ketones is 1. The molecule has 0 fully saturated rings. The van der Waals surface area contributed by atoms with Crippen LogP contribution in [0.2, 0.25) is 0 Å². The Morgan fingerprint density at radius 2 is 2.03 bits per heavy atom. The fourth-order valence-electron chi connectivity index (χ4n) is 4.12. The first kappa shape index (κ1) is 24.1. The van der Waals surface area contributed by atoms with Crippen molar-refractivity contribution in [1.29, 1.82) is 5.26 Å².